The Kier molecular flexibility index (Phi) is 2.21. The van der Waals surface area contributed by atoms with Crippen molar-refractivity contribution in [1.29, 1.82) is 0 Å². The van der Waals surface area contributed by atoms with Crippen LogP contribution in [0, 0.1) is 0 Å². The molecule has 0 bridgehead atoms. The zero-order valence-electron chi connectivity index (χ0n) is 7.80. The topological polar surface area (TPSA) is 23.6 Å². The van der Waals surface area contributed by atoms with Crippen molar-refractivity contribution in [2.75, 3.05) is 18.5 Å². The van der Waals surface area contributed by atoms with Gasteiger partial charge in [-0.3, -0.25) is 9.69 Å². The van der Waals surface area contributed by atoms with Gasteiger partial charge in [0.25, 0.3) is 0 Å². The van der Waals surface area contributed by atoms with Gasteiger partial charge in [0.1, 0.15) is 6.54 Å². The summed E-state index contributed by atoms with van der Waals surface area (Å²) in [6, 6.07) is 9.69. The number of nitrogens with zero attached hydrogens (tertiary/aromatic N) is 2. The van der Waals surface area contributed by atoms with Crippen LogP contribution in [0.25, 0.3) is 0 Å². The highest BCUT2D eigenvalue weighted by molar-refractivity contribution is 7.80. The van der Waals surface area contributed by atoms with Gasteiger partial charge in [-0.2, -0.15) is 0 Å². The van der Waals surface area contributed by atoms with Crippen LogP contribution in [0.5, 0.6) is 0 Å². The molecule has 1 aromatic rings. The smallest absolute Gasteiger partial charge is 0.248 e. The maximum Gasteiger partial charge on any atom is 0.248 e. The fourth-order valence-corrected chi connectivity index (χ4v) is 1.68. The minimum atomic E-state index is 0.0406. The standard InChI is InChI=1S/C10H10N2OS/c1-11-9(13)7-12(10(11)14)8-5-3-2-4-6-8/h2-6H,7H2,1H3. The largest absolute Gasteiger partial charge is 0.309 e. The molecule has 0 aromatic heterocycles. The summed E-state index contributed by atoms with van der Waals surface area (Å²) in [5, 5.41) is 0.571. The van der Waals surface area contributed by atoms with Gasteiger partial charge in [0.2, 0.25) is 5.91 Å². The molecule has 0 aliphatic carbocycles. The van der Waals surface area contributed by atoms with E-state index in [0.717, 1.165) is 5.69 Å². The number of hydrogen-bond donors (Lipinski definition) is 0. The third-order valence-corrected chi connectivity index (χ3v) is 2.75. The fourth-order valence-electron chi connectivity index (χ4n) is 1.41. The number of thiocarbonyl (C=S) groups is 1. The monoisotopic (exact) mass is 206 g/mol. The highest BCUT2D eigenvalue weighted by Crippen LogP contribution is 2.19. The van der Waals surface area contributed by atoms with E-state index in [-0.39, 0.29) is 5.91 Å². The summed E-state index contributed by atoms with van der Waals surface area (Å²) in [6.07, 6.45) is 0. The molecule has 3 nitrogen and oxygen atoms in total. The average Bonchev–Trinajstić information content (AvgIpc) is 2.47. The van der Waals surface area contributed by atoms with E-state index in [1.54, 1.807) is 7.05 Å². The Labute approximate surface area is 87.9 Å². The number of carbonyl (C=O) groups excluding carboxylic acids is 1. The summed E-state index contributed by atoms with van der Waals surface area (Å²) in [4.78, 5) is 14.7. The van der Waals surface area contributed by atoms with Crippen molar-refractivity contribution in [3.63, 3.8) is 0 Å². The molecule has 0 atom stereocenters. The van der Waals surface area contributed by atoms with Crippen molar-refractivity contribution in [2.45, 2.75) is 0 Å². The van der Waals surface area contributed by atoms with E-state index in [1.165, 1.54) is 4.90 Å². The number of anilines is 1. The summed E-state index contributed by atoms with van der Waals surface area (Å²) < 4.78 is 0. The van der Waals surface area contributed by atoms with E-state index in [2.05, 4.69) is 0 Å². The summed E-state index contributed by atoms with van der Waals surface area (Å²) in [5.74, 6) is 0.0406. The van der Waals surface area contributed by atoms with Crippen LogP contribution in [0.4, 0.5) is 5.69 Å². The highest BCUT2D eigenvalue weighted by Gasteiger charge is 2.30. The van der Waals surface area contributed by atoms with Crippen molar-refractivity contribution < 1.29 is 4.79 Å². The molecule has 72 valence electrons. The Hall–Kier alpha value is -1.42. The zero-order chi connectivity index (χ0) is 10.1. The van der Waals surface area contributed by atoms with E-state index in [1.807, 2.05) is 35.2 Å². The third-order valence-electron chi connectivity index (χ3n) is 2.25. The van der Waals surface area contributed by atoms with Crippen molar-refractivity contribution in [3.05, 3.63) is 30.3 Å². The van der Waals surface area contributed by atoms with Gasteiger partial charge in [-0.05, 0) is 24.4 Å². The first kappa shape index (κ1) is 9.15. The first-order chi connectivity index (χ1) is 6.70. The minimum absolute atomic E-state index is 0.0406. The second-order valence-corrected chi connectivity index (χ2v) is 3.52. The molecular formula is C10H10N2OS. The van der Waals surface area contributed by atoms with Gasteiger partial charge in [-0.1, -0.05) is 18.2 Å². The summed E-state index contributed by atoms with van der Waals surface area (Å²) >= 11 is 5.15. The maximum atomic E-state index is 11.4. The lowest BCUT2D eigenvalue weighted by Crippen LogP contribution is -2.29. The number of amides is 1. The Morgan fingerprint density at radius 2 is 1.93 bits per heavy atom. The molecule has 1 aliphatic rings. The quantitative estimate of drug-likeness (QED) is 0.646. The molecule has 0 spiro atoms. The summed E-state index contributed by atoms with van der Waals surface area (Å²) in [6.45, 7) is 0.347. The van der Waals surface area contributed by atoms with Crippen molar-refractivity contribution in [3.8, 4) is 0 Å². The van der Waals surface area contributed by atoms with E-state index >= 15 is 0 Å². The van der Waals surface area contributed by atoms with Gasteiger partial charge >= 0.3 is 0 Å². The van der Waals surface area contributed by atoms with E-state index in [4.69, 9.17) is 12.2 Å². The number of hydrogen-bond acceptors (Lipinski definition) is 2. The predicted molar refractivity (Wildman–Crippen MR) is 59.2 cm³/mol. The zero-order valence-corrected chi connectivity index (χ0v) is 8.62. The lowest BCUT2D eigenvalue weighted by atomic mass is 10.3. The van der Waals surface area contributed by atoms with Gasteiger partial charge < -0.3 is 4.90 Å². The number of para-hydroxylation sites is 1. The lowest BCUT2D eigenvalue weighted by Gasteiger charge is -2.17. The van der Waals surface area contributed by atoms with Gasteiger partial charge in [0.15, 0.2) is 5.11 Å². The number of rotatable bonds is 1. The molecule has 0 unspecified atom stereocenters. The van der Waals surface area contributed by atoms with Crippen LogP contribution in [-0.2, 0) is 4.79 Å². The molecule has 1 fully saturated rings. The van der Waals surface area contributed by atoms with Crippen LogP contribution in [0.1, 0.15) is 0 Å². The first-order valence-corrected chi connectivity index (χ1v) is 4.74. The Morgan fingerprint density at radius 1 is 1.29 bits per heavy atom. The lowest BCUT2D eigenvalue weighted by molar-refractivity contribution is -0.123. The van der Waals surface area contributed by atoms with Gasteiger partial charge in [0.05, 0.1) is 0 Å². The molecule has 1 heterocycles. The molecule has 0 saturated carbocycles. The molecule has 0 radical (unpaired) electrons. The van der Waals surface area contributed by atoms with Crippen LogP contribution in [0.3, 0.4) is 0 Å². The van der Waals surface area contributed by atoms with E-state index in [0.29, 0.717) is 11.7 Å². The minimum Gasteiger partial charge on any atom is -0.309 e. The fraction of sp³-hybridized carbons (Fsp3) is 0.200. The molecule has 1 amide bonds. The molecular weight excluding hydrogens is 196 g/mol. The molecule has 2 rings (SSSR count). The Balaban J connectivity index is 2.30. The van der Waals surface area contributed by atoms with Gasteiger partial charge in [-0.15, -0.1) is 0 Å². The van der Waals surface area contributed by atoms with Crippen LogP contribution in [0.2, 0.25) is 0 Å². The molecule has 1 aliphatic heterocycles. The summed E-state index contributed by atoms with van der Waals surface area (Å²) in [5.41, 5.74) is 0.968. The predicted octanol–water partition coefficient (Wildman–Crippen LogP) is 1.25. The van der Waals surface area contributed by atoms with Crippen molar-refractivity contribution in [1.82, 2.24) is 4.90 Å². The molecule has 0 N–H and O–H groups in total. The van der Waals surface area contributed by atoms with Crippen LogP contribution >= 0.6 is 12.2 Å². The normalized spacial score (nSPS) is 16.6. The maximum absolute atomic E-state index is 11.4. The molecule has 1 saturated heterocycles. The second kappa shape index (κ2) is 3.38. The van der Waals surface area contributed by atoms with Crippen molar-refractivity contribution >= 4 is 28.9 Å². The Morgan fingerprint density at radius 3 is 2.43 bits per heavy atom. The van der Waals surface area contributed by atoms with E-state index < -0.39 is 0 Å². The van der Waals surface area contributed by atoms with Gasteiger partial charge in [0, 0.05) is 12.7 Å². The van der Waals surface area contributed by atoms with Crippen LogP contribution < -0.4 is 4.90 Å². The Bertz CT molecular complexity index is 377. The third kappa shape index (κ3) is 1.37. The molecule has 4 heteroatoms. The SMILES string of the molecule is CN1C(=O)CN(c2ccccc2)C1=S. The number of likely N-dealkylation sites (N-methyl/N-ethyl adjacent to an activating group) is 1. The van der Waals surface area contributed by atoms with E-state index in [9.17, 15) is 4.79 Å². The van der Waals surface area contributed by atoms with Crippen LogP contribution in [-0.4, -0.2) is 29.5 Å². The number of benzene rings is 1. The summed E-state index contributed by atoms with van der Waals surface area (Å²) in [7, 11) is 1.70. The highest BCUT2D eigenvalue weighted by atomic mass is 32.1. The van der Waals surface area contributed by atoms with Gasteiger partial charge in [-0.25, -0.2) is 0 Å². The second-order valence-electron chi connectivity index (χ2n) is 3.16. The van der Waals surface area contributed by atoms with Crippen LogP contribution in [0.15, 0.2) is 30.3 Å². The van der Waals surface area contributed by atoms with Crippen molar-refractivity contribution in [2.24, 2.45) is 0 Å². The number of carbonyl (C=O) groups is 1. The average molecular weight is 206 g/mol. The molecule has 14 heavy (non-hydrogen) atoms. The first-order valence-electron chi connectivity index (χ1n) is 4.33. The molecule has 1 aromatic carbocycles.